The fraction of sp³-hybridized carbons (Fsp3) is 0.167. The van der Waals surface area contributed by atoms with Gasteiger partial charge in [-0.3, -0.25) is 0 Å². The van der Waals surface area contributed by atoms with Crippen LogP contribution in [0.2, 0.25) is 0 Å². The van der Waals surface area contributed by atoms with Crippen LogP contribution in [0.15, 0.2) is 183 Å². The van der Waals surface area contributed by atoms with Crippen molar-refractivity contribution in [3.05, 3.63) is 183 Å². The van der Waals surface area contributed by atoms with E-state index in [1.54, 1.807) is 12.2 Å². The second-order valence-corrected chi connectivity index (χ2v) is 13.2. The van der Waals surface area contributed by atoms with Gasteiger partial charge in [0.15, 0.2) is 0 Å². The van der Waals surface area contributed by atoms with Gasteiger partial charge >= 0.3 is 0 Å². The predicted molar refractivity (Wildman–Crippen MR) is 227 cm³/mol. The molecule has 0 radical (unpaired) electrons. The predicted octanol–water partition coefficient (Wildman–Crippen LogP) is 13.2. The maximum absolute atomic E-state index is 5.19. The van der Waals surface area contributed by atoms with E-state index in [2.05, 4.69) is 135 Å². The molecule has 53 heavy (non-hydrogen) atoms. The van der Waals surface area contributed by atoms with Gasteiger partial charge < -0.3 is 9.80 Å². The summed E-state index contributed by atoms with van der Waals surface area (Å²) >= 11 is 0. The highest BCUT2D eigenvalue weighted by Crippen LogP contribution is 2.38. The number of aromatic nitrogens is 3. The monoisotopic (exact) mass is 695 g/mol. The fourth-order valence-corrected chi connectivity index (χ4v) is 6.84. The van der Waals surface area contributed by atoms with Crippen molar-refractivity contribution in [3.8, 4) is 22.3 Å². The van der Waals surface area contributed by atoms with Crippen molar-refractivity contribution in [2.24, 2.45) is 5.92 Å². The van der Waals surface area contributed by atoms with Crippen LogP contribution in [-0.4, -0.2) is 15.0 Å². The van der Waals surface area contributed by atoms with Crippen LogP contribution in [0, 0.1) is 5.92 Å². The zero-order valence-electron chi connectivity index (χ0n) is 31.0. The van der Waals surface area contributed by atoms with Gasteiger partial charge in [0.25, 0.3) is 0 Å². The van der Waals surface area contributed by atoms with Gasteiger partial charge in [-0.15, -0.1) is 0 Å². The van der Waals surface area contributed by atoms with Crippen LogP contribution in [0.4, 0.5) is 22.7 Å². The Balaban J connectivity index is 1.42. The molecular formula is C48H49N5. The molecule has 0 aliphatic heterocycles. The van der Waals surface area contributed by atoms with Gasteiger partial charge in [-0.05, 0) is 90.2 Å². The Labute approximate surface area is 315 Å². The Bertz CT molecular complexity index is 2190. The molecule has 1 aromatic heterocycles. The third kappa shape index (κ3) is 8.15. The van der Waals surface area contributed by atoms with E-state index in [4.69, 9.17) is 10.2 Å². The van der Waals surface area contributed by atoms with Gasteiger partial charge in [-0.1, -0.05) is 138 Å². The van der Waals surface area contributed by atoms with Crippen molar-refractivity contribution in [3.63, 3.8) is 0 Å². The number of hydrogen-bond acceptors (Lipinski definition) is 4. The number of rotatable bonds is 17. The summed E-state index contributed by atoms with van der Waals surface area (Å²) in [5.74, 6) is 0.524. The van der Waals surface area contributed by atoms with Crippen LogP contribution in [0.1, 0.15) is 39.5 Å². The Morgan fingerprint density at radius 3 is 1.58 bits per heavy atom. The number of benzene rings is 5. The molecule has 6 aromatic rings. The normalized spacial score (nSPS) is 11.9. The maximum Gasteiger partial charge on any atom is 0.121 e. The number of anilines is 4. The molecule has 0 spiro atoms. The van der Waals surface area contributed by atoms with Crippen LogP contribution in [0.5, 0.6) is 0 Å². The van der Waals surface area contributed by atoms with E-state index < -0.39 is 0 Å². The smallest absolute Gasteiger partial charge is 0.121 e. The molecular weight excluding hydrogens is 647 g/mol. The lowest BCUT2D eigenvalue weighted by Gasteiger charge is -2.26. The Morgan fingerprint density at radius 1 is 0.642 bits per heavy atom. The zero-order chi connectivity index (χ0) is 37.2. The number of unbranched alkanes of at least 4 members (excludes halogenated alkanes) is 1. The van der Waals surface area contributed by atoms with E-state index in [1.807, 2.05) is 53.3 Å². The van der Waals surface area contributed by atoms with Crippen molar-refractivity contribution in [2.45, 2.75) is 46.1 Å². The molecule has 0 saturated heterocycles. The molecule has 5 nitrogen and oxygen atoms in total. The molecule has 5 heteroatoms. The quantitative estimate of drug-likeness (QED) is 0.0890. The van der Waals surface area contributed by atoms with Gasteiger partial charge in [-0.25, -0.2) is 0 Å². The van der Waals surface area contributed by atoms with Crippen molar-refractivity contribution >= 4 is 33.8 Å². The van der Waals surface area contributed by atoms with Crippen LogP contribution in [0.25, 0.3) is 33.3 Å². The van der Waals surface area contributed by atoms with E-state index in [0.29, 0.717) is 5.92 Å². The number of nitrogens with zero attached hydrogens (tertiary/aromatic N) is 5. The zero-order valence-corrected chi connectivity index (χ0v) is 31.0. The molecule has 0 aliphatic rings. The van der Waals surface area contributed by atoms with Gasteiger partial charge in [0, 0.05) is 45.3 Å². The number of para-hydroxylation sites is 2. The molecule has 0 amide bonds. The molecule has 1 unspecified atom stereocenters. The van der Waals surface area contributed by atoms with Crippen molar-refractivity contribution in [1.29, 1.82) is 0 Å². The van der Waals surface area contributed by atoms with Gasteiger partial charge in [-0.2, -0.15) is 15.0 Å². The summed E-state index contributed by atoms with van der Waals surface area (Å²) in [7, 11) is 0. The van der Waals surface area contributed by atoms with Gasteiger partial charge in [0.1, 0.15) is 11.0 Å². The van der Waals surface area contributed by atoms with Gasteiger partial charge in [0.2, 0.25) is 0 Å². The largest absolute Gasteiger partial charge is 0.311 e. The first-order chi connectivity index (χ1) is 26.0. The number of fused-ring (bicyclic) bond motifs is 1. The van der Waals surface area contributed by atoms with Crippen LogP contribution in [0.3, 0.4) is 0 Å². The molecule has 0 fully saturated rings. The Morgan fingerprint density at radius 2 is 1.13 bits per heavy atom. The third-order valence-corrected chi connectivity index (χ3v) is 9.73. The molecule has 0 saturated carbocycles. The standard InChI is InChI=1S/C48H49N5/c1-7-12-20-37(10-4)35-51-49-47-45(38-25-29-43(30-26-38)52(36(6)9-3)41-21-15-13-16-22-41)33-34-46(48(47)50-51)39-27-31-44(32-28-39)53(40(11-5)19-8-2)42-23-17-14-18-24-42/h8-9,11,13-19,21-34,37H,2-3,5-7,10,12,20,35H2,1,4H3. The third-order valence-electron chi connectivity index (χ3n) is 9.73. The second kappa shape index (κ2) is 17.3. The molecule has 0 N–H and O–H groups in total. The highest BCUT2D eigenvalue weighted by atomic mass is 15.5. The van der Waals surface area contributed by atoms with E-state index in [9.17, 15) is 0 Å². The summed E-state index contributed by atoms with van der Waals surface area (Å²) in [6.45, 7) is 21.6. The van der Waals surface area contributed by atoms with E-state index in [1.165, 1.54) is 19.3 Å². The Hall–Kier alpha value is -6.20. The lowest BCUT2D eigenvalue weighted by molar-refractivity contribution is 0.351. The summed E-state index contributed by atoms with van der Waals surface area (Å²) in [6.07, 6.45) is 12.1. The van der Waals surface area contributed by atoms with Crippen molar-refractivity contribution in [1.82, 2.24) is 15.0 Å². The summed E-state index contributed by atoms with van der Waals surface area (Å²) in [5, 5.41) is 10.4. The van der Waals surface area contributed by atoms with Crippen molar-refractivity contribution < 1.29 is 0 Å². The Kier molecular flexibility index (Phi) is 12.0. The average Bonchev–Trinajstić information content (AvgIpc) is 3.64. The minimum Gasteiger partial charge on any atom is -0.311 e. The average molecular weight is 696 g/mol. The second-order valence-electron chi connectivity index (χ2n) is 13.2. The molecule has 1 heterocycles. The SMILES string of the molecule is C=CC=C(C=C)N(c1ccccc1)c1ccc(-c2ccc(-c3ccc(N(C(=C)C=C)c4ccccc4)cc3)c3nn(CC(CC)CCCC)nc23)cc1. The topological polar surface area (TPSA) is 37.2 Å². The summed E-state index contributed by atoms with van der Waals surface area (Å²) < 4.78 is 0. The molecule has 5 aromatic carbocycles. The molecule has 266 valence electrons. The highest BCUT2D eigenvalue weighted by Gasteiger charge is 2.19. The van der Waals surface area contributed by atoms with Crippen molar-refractivity contribution in [2.75, 3.05) is 9.80 Å². The van der Waals surface area contributed by atoms with E-state index in [0.717, 1.165) is 80.4 Å². The molecule has 1 atom stereocenters. The van der Waals surface area contributed by atoms with E-state index in [-0.39, 0.29) is 0 Å². The van der Waals surface area contributed by atoms with Crippen LogP contribution in [-0.2, 0) is 6.54 Å². The lowest BCUT2D eigenvalue weighted by Crippen LogP contribution is -2.14. The summed E-state index contributed by atoms with van der Waals surface area (Å²) in [6, 6.07) is 42.2. The lowest BCUT2D eigenvalue weighted by atomic mass is 9.97. The molecule has 0 aliphatic carbocycles. The minimum absolute atomic E-state index is 0.524. The fourth-order valence-electron chi connectivity index (χ4n) is 6.84. The molecule has 6 rings (SSSR count). The molecule has 0 bridgehead atoms. The number of hydrogen-bond donors (Lipinski definition) is 0. The van der Waals surface area contributed by atoms with Gasteiger partial charge in [0.05, 0.1) is 6.54 Å². The summed E-state index contributed by atoms with van der Waals surface area (Å²) in [5.41, 5.74) is 11.9. The van der Waals surface area contributed by atoms with Crippen LogP contribution >= 0.6 is 0 Å². The maximum atomic E-state index is 5.19. The number of allylic oxidation sites excluding steroid dienone is 4. The summed E-state index contributed by atoms with van der Waals surface area (Å²) in [4.78, 5) is 6.23. The minimum atomic E-state index is 0.524. The van der Waals surface area contributed by atoms with Crippen LogP contribution < -0.4 is 9.80 Å². The first-order valence-corrected chi connectivity index (χ1v) is 18.5. The first kappa shape index (κ1) is 36.6. The van der Waals surface area contributed by atoms with E-state index >= 15 is 0 Å². The first-order valence-electron chi connectivity index (χ1n) is 18.5. The highest BCUT2D eigenvalue weighted by molar-refractivity contribution is 6.00.